The van der Waals surface area contributed by atoms with Crippen LogP contribution in [-0.2, 0) is 9.53 Å². The van der Waals surface area contributed by atoms with Gasteiger partial charge in [0.1, 0.15) is 0 Å². The first-order valence-electron chi connectivity index (χ1n) is 10.3. The molecule has 0 heterocycles. The second-order valence-electron chi connectivity index (χ2n) is 7.96. The molecule has 3 N–H and O–H groups in total. The summed E-state index contributed by atoms with van der Waals surface area (Å²) >= 11 is 0. The second-order valence-corrected chi connectivity index (χ2v) is 7.96. The Labute approximate surface area is 164 Å². The van der Waals surface area contributed by atoms with E-state index >= 15 is 0 Å². The van der Waals surface area contributed by atoms with Gasteiger partial charge in [-0.25, -0.2) is 0 Å². The number of unbranched alkanes of at least 4 members (excludes halogenated alkanes) is 3. The van der Waals surface area contributed by atoms with Crippen LogP contribution in [-0.4, -0.2) is 46.2 Å². The molecule has 0 aliphatic heterocycles. The fourth-order valence-corrected chi connectivity index (χ4v) is 3.68. The maximum absolute atomic E-state index is 11.1. The lowest BCUT2D eigenvalue weighted by Crippen LogP contribution is -2.24. The standard InChI is InChI=1S/C22H38O5/c1-4-5-10-14-22(2,26)15-13-18-17(19(23)16-20(18)24)11-8-6-7-9-12-21(25)27-3/h6,8,13,15,17-20,23-24,26H,4-5,7,9-12,14,16H2,1-3H3/t17-,18-,19+,20-,22?/m1/s1. The van der Waals surface area contributed by atoms with Crippen LogP contribution in [0.5, 0.6) is 0 Å². The molecule has 0 aromatic heterocycles. The highest BCUT2D eigenvalue weighted by Gasteiger charge is 2.39. The number of hydrogen-bond acceptors (Lipinski definition) is 5. The molecular formula is C22H38O5. The number of allylic oxidation sites excluding steroid dienone is 2. The van der Waals surface area contributed by atoms with Gasteiger partial charge in [0.15, 0.2) is 0 Å². The van der Waals surface area contributed by atoms with Gasteiger partial charge in [0.2, 0.25) is 0 Å². The Morgan fingerprint density at radius 2 is 1.93 bits per heavy atom. The van der Waals surface area contributed by atoms with Crippen molar-refractivity contribution < 1.29 is 24.9 Å². The first-order chi connectivity index (χ1) is 12.8. The number of methoxy groups -OCH3 is 1. The summed E-state index contributed by atoms with van der Waals surface area (Å²) in [6.45, 7) is 3.93. The summed E-state index contributed by atoms with van der Waals surface area (Å²) in [4.78, 5) is 11.1. The first-order valence-corrected chi connectivity index (χ1v) is 10.3. The molecule has 27 heavy (non-hydrogen) atoms. The van der Waals surface area contributed by atoms with Crippen LogP contribution in [0.3, 0.4) is 0 Å². The van der Waals surface area contributed by atoms with Crippen molar-refractivity contribution in [2.45, 2.75) is 89.4 Å². The summed E-state index contributed by atoms with van der Waals surface area (Å²) in [6, 6.07) is 0. The van der Waals surface area contributed by atoms with Crippen molar-refractivity contribution >= 4 is 5.97 Å². The third-order valence-electron chi connectivity index (χ3n) is 5.43. The van der Waals surface area contributed by atoms with Gasteiger partial charge in [0.25, 0.3) is 0 Å². The predicted molar refractivity (Wildman–Crippen MR) is 107 cm³/mol. The van der Waals surface area contributed by atoms with Crippen molar-refractivity contribution in [1.29, 1.82) is 0 Å². The summed E-state index contributed by atoms with van der Waals surface area (Å²) in [5, 5.41) is 31.1. The number of hydrogen-bond donors (Lipinski definition) is 3. The lowest BCUT2D eigenvalue weighted by Gasteiger charge is -2.23. The number of ether oxygens (including phenoxy) is 1. The van der Waals surface area contributed by atoms with Crippen LogP contribution in [0.2, 0.25) is 0 Å². The van der Waals surface area contributed by atoms with Crippen LogP contribution in [0, 0.1) is 11.8 Å². The molecule has 0 spiro atoms. The molecule has 1 aliphatic rings. The maximum atomic E-state index is 11.1. The van der Waals surface area contributed by atoms with Crippen molar-refractivity contribution in [2.75, 3.05) is 7.11 Å². The monoisotopic (exact) mass is 382 g/mol. The molecule has 156 valence electrons. The summed E-state index contributed by atoms with van der Waals surface area (Å²) in [5.74, 6) is -0.411. The van der Waals surface area contributed by atoms with Gasteiger partial charge in [-0.15, -0.1) is 0 Å². The largest absolute Gasteiger partial charge is 0.469 e. The van der Waals surface area contributed by atoms with Crippen molar-refractivity contribution in [2.24, 2.45) is 11.8 Å². The minimum Gasteiger partial charge on any atom is -0.469 e. The van der Waals surface area contributed by atoms with Gasteiger partial charge in [0, 0.05) is 18.8 Å². The number of carbonyl (C=O) groups excluding carboxylic acids is 1. The van der Waals surface area contributed by atoms with Gasteiger partial charge in [-0.1, -0.05) is 50.5 Å². The molecular weight excluding hydrogens is 344 g/mol. The van der Waals surface area contributed by atoms with Gasteiger partial charge >= 0.3 is 5.97 Å². The van der Waals surface area contributed by atoms with E-state index in [-0.39, 0.29) is 17.8 Å². The number of esters is 1. The van der Waals surface area contributed by atoms with Crippen LogP contribution in [0.4, 0.5) is 0 Å². The summed E-state index contributed by atoms with van der Waals surface area (Å²) in [7, 11) is 1.39. The summed E-state index contributed by atoms with van der Waals surface area (Å²) in [5.41, 5.74) is -0.878. The lowest BCUT2D eigenvalue weighted by atomic mass is 9.88. The van der Waals surface area contributed by atoms with Crippen LogP contribution < -0.4 is 0 Å². The Balaban J connectivity index is 2.54. The van der Waals surface area contributed by atoms with Crippen molar-refractivity contribution in [3.8, 4) is 0 Å². The number of aliphatic hydroxyl groups is 3. The molecule has 0 bridgehead atoms. The Kier molecular flexibility index (Phi) is 10.9. The van der Waals surface area contributed by atoms with Gasteiger partial charge in [0.05, 0.1) is 24.9 Å². The van der Waals surface area contributed by atoms with Crippen LogP contribution in [0.25, 0.3) is 0 Å². The summed E-state index contributed by atoms with van der Waals surface area (Å²) < 4.78 is 4.61. The van der Waals surface area contributed by atoms with E-state index in [1.807, 2.05) is 18.2 Å². The normalized spacial score (nSPS) is 28.1. The average molecular weight is 383 g/mol. The van der Waals surface area contributed by atoms with E-state index in [1.54, 1.807) is 13.0 Å². The molecule has 0 aromatic rings. The predicted octanol–water partition coefficient (Wildman–Crippen LogP) is 3.52. The van der Waals surface area contributed by atoms with Crippen molar-refractivity contribution in [1.82, 2.24) is 0 Å². The zero-order valence-electron chi connectivity index (χ0n) is 17.1. The van der Waals surface area contributed by atoms with E-state index in [9.17, 15) is 20.1 Å². The smallest absolute Gasteiger partial charge is 0.305 e. The fraction of sp³-hybridized carbons (Fsp3) is 0.773. The molecule has 5 nitrogen and oxygen atoms in total. The lowest BCUT2D eigenvalue weighted by molar-refractivity contribution is -0.140. The highest BCUT2D eigenvalue weighted by Crippen LogP contribution is 2.37. The summed E-state index contributed by atoms with van der Waals surface area (Å²) in [6.07, 6.45) is 13.4. The SMILES string of the molecule is CCCCCC(C)(O)C=C[C@@H]1[C@@H](CC=CCCCC(=O)OC)[C@@H](O)C[C@H]1O. The zero-order chi connectivity index (χ0) is 20.3. The fourth-order valence-electron chi connectivity index (χ4n) is 3.68. The Morgan fingerprint density at radius 3 is 2.59 bits per heavy atom. The van der Waals surface area contributed by atoms with Gasteiger partial charge in [-0.05, 0) is 38.5 Å². The van der Waals surface area contributed by atoms with Gasteiger partial charge in [-0.2, -0.15) is 0 Å². The first kappa shape index (κ1) is 23.9. The average Bonchev–Trinajstić information content (AvgIpc) is 2.89. The molecule has 5 atom stereocenters. The van der Waals surface area contributed by atoms with Crippen LogP contribution >= 0.6 is 0 Å². The third-order valence-corrected chi connectivity index (χ3v) is 5.43. The van der Waals surface area contributed by atoms with E-state index in [2.05, 4.69) is 11.7 Å². The van der Waals surface area contributed by atoms with E-state index in [1.165, 1.54) is 7.11 Å². The van der Waals surface area contributed by atoms with Gasteiger partial charge in [-0.3, -0.25) is 4.79 Å². The molecule has 1 rings (SSSR count). The topological polar surface area (TPSA) is 87.0 Å². The molecule has 0 amide bonds. The zero-order valence-corrected chi connectivity index (χ0v) is 17.1. The Morgan fingerprint density at radius 1 is 1.19 bits per heavy atom. The molecule has 0 saturated heterocycles. The van der Waals surface area contributed by atoms with Gasteiger partial charge < -0.3 is 20.1 Å². The molecule has 0 radical (unpaired) electrons. The van der Waals surface area contributed by atoms with Crippen LogP contribution in [0.1, 0.15) is 71.6 Å². The number of rotatable bonds is 12. The highest BCUT2D eigenvalue weighted by atomic mass is 16.5. The minimum absolute atomic E-state index is 0.0560. The maximum Gasteiger partial charge on any atom is 0.305 e. The number of aliphatic hydroxyl groups excluding tert-OH is 2. The van der Waals surface area contributed by atoms with E-state index < -0.39 is 17.8 Å². The van der Waals surface area contributed by atoms with Crippen molar-refractivity contribution in [3.05, 3.63) is 24.3 Å². The Bertz CT molecular complexity index is 483. The van der Waals surface area contributed by atoms with E-state index in [4.69, 9.17) is 0 Å². The van der Waals surface area contributed by atoms with E-state index in [0.717, 1.165) is 32.1 Å². The molecule has 0 aromatic carbocycles. The minimum atomic E-state index is -0.878. The molecule has 5 heteroatoms. The Hall–Kier alpha value is -1.17. The highest BCUT2D eigenvalue weighted by molar-refractivity contribution is 5.69. The molecule has 1 fully saturated rings. The second kappa shape index (κ2) is 12.3. The molecule has 1 aliphatic carbocycles. The molecule has 1 saturated carbocycles. The third kappa shape index (κ3) is 9.04. The number of carbonyl (C=O) groups is 1. The van der Waals surface area contributed by atoms with Crippen LogP contribution in [0.15, 0.2) is 24.3 Å². The molecule has 1 unspecified atom stereocenters. The van der Waals surface area contributed by atoms with Crippen molar-refractivity contribution in [3.63, 3.8) is 0 Å². The quantitative estimate of drug-likeness (QED) is 0.273. The van der Waals surface area contributed by atoms with E-state index in [0.29, 0.717) is 25.7 Å².